The lowest BCUT2D eigenvalue weighted by Crippen LogP contribution is -2.46. The van der Waals surface area contributed by atoms with Crippen molar-refractivity contribution >= 4 is 15.7 Å². The van der Waals surface area contributed by atoms with E-state index in [2.05, 4.69) is 0 Å². The summed E-state index contributed by atoms with van der Waals surface area (Å²) < 4.78 is 27.5. The Morgan fingerprint density at radius 1 is 1.62 bits per heavy atom. The van der Waals surface area contributed by atoms with Gasteiger partial charge in [0.2, 0.25) is 0 Å². The van der Waals surface area contributed by atoms with Gasteiger partial charge in [0.05, 0.1) is 11.5 Å². The summed E-state index contributed by atoms with van der Waals surface area (Å²) in [5.74, 6) is -0.0710. The van der Waals surface area contributed by atoms with E-state index in [9.17, 15) is 13.2 Å². The largest absolute Gasteiger partial charge is 0.370 e. The van der Waals surface area contributed by atoms with Crippen LogP contribution >= 0.6 is 0 Å². The number of ether oxygens (including phenoxy) is 1. The topological polar surface area (TPSA) is 89.7 Å². The van der Waals surface area contributed by atoms with E-state index in [0.29, 0.717) is 6.42 Å². The Balaban J connectivity index is 2.65. The standard InChI is InChI=1S/C9H18N2O4S/c1-11(9(12)8(5-10)15-2)7-3-4-16(13,14)6-7/h7-8H,3-6,10H2,1-2H3. The van der Waals surface area contributed by atoms with Crippen molar-refractivity contribution in [2.24, 2.45) is 5.73 Å². The van der Waals surface area contributed by atoms with Crippen LogP contribution in [-0.2, 0) is 19.4 Å². The van der Waals surface area contributed by atoms with Crippen molar-refractivity contribution in [1.29, 1.82) is 0 Å². The van der Waals surface area contributed by atoms with Gasteiger partial charge in [-0.15, -0.1) is 0 Å². The summed E-state index contributed by atoms with van der Waals surface area (Å²) in [6, 6.07) is -0.248. The van der Waals surface area contributed by atoms with Crippen LogP contribution in [0.5, 0.6) is 0 Å². The number of nitrogens with zero attached hydrogens (tertiary/aromatic N) is 1. The lowest BCUT2D eigenvalue weighted by Gasteiger charge is -2.26. The lowest BCUT2D eigenvalue weighted by atomic mass is 10.2. The molecular weight excluding hydrogens is 232 g/mol. The van der Waals surface area contributed by atoms with Crippen molar-refractivity contribution in [3.8, 4) is 0 Å². The van der Waals surface area contributed by atoms with Gasteiger partial charge in [0.1, 0.15) is 6.10 Å². The fraction of sp³-hybridized carbons (Fsp3) is 0.889. The van der Waals surface area contributed by atoms with Crippen LogP contribution < -0.4 is 5.73 Å². The molecule has 0 aliphatic carbocycles. The monoisotopic (exact) mass is 250 g/mol. The highest BCUT2D eigenvalue weighted by molar-refractivity contribution is 7.91. The number of carbonyl (C=O) groups is 1. The molecule has 1 aliphatic rings. The van der Waals surface area contributed by atoms with Crippen molar-refractivity contribution in [3.63, 3.8) is 0 Å². The summed E-state index contributed by atoms with van der Waals surface area (Å²) in [4.78, 5) is 13.3. The van der Waals surface area contributed by atoms with Crippen molar-refractivity contribution in [1.82, 2.24) is 4.90 Å². The van der Waals surface area contributed by atoms with Crippen LogP contribution in [-0.4, -0.2) is 63.6 Å². The summed E-state index contributed by atoms with van der Waals surface area (Å²) in [5.41, 5.74) is 5.38. The minimum Gasteiger partial charge on any atom is -0.370 e. The first kappa shape index (κ1) is 13.4. The van der Waals surface area contributed by atoms with Crippen molar-refractivity contribution in [2.75, 3.05) is 32.2 Å². The van der Waals surface area contributed by atoms with Crippen LogP contribution in [0.3, 0.4) is 0 Å². The minimum atomic E-state index is -2.98. The SMILES string of the molecule is COC(CN)C(=O)N(C)C1CCS(=O)(=O)C1. The highest BCUT2D eigenvalue weighted by Gasteiger charge is 2.34. The normalized spacial score (nSPS) is 25.3. The molecule has 0 saturated carbocycles. The first-order chi connectivity index (χ1) is 7.41. The van der Waals surface area contributed by atoms with E-state index < -0.39 is 15.9 Å². The number of methoxy groups -OCH3 is 1. The predicted molar refractivity (Wildman–Crippen MR) is 59.7 cm³/mol. The first-order valence-electron chi connectivity index (χ1n) is 5.11. The quantitative estimate of drug-likeness (QED) is 0.663. The molecule has 0 spiro atoms. The molecule has 1 rings (SSSR count). The van der Waals surface area contributed by atoms with Gasteiger partial charge in [-0.2, -0.15) is 0 Å². The highest BCUT2D eigenvalue weighted by Crippen LogP contribution is 2.17. The Morgan fingerprint density at radius 2 is 2.25 bits per heavy atom. The molecule has 0 aromatic rings. The zero-order valence-electron chi connectivity index (χ0n) is 9.55. The molecule has 2 atom stereocenters. The second-order valence-corrected chi connectivity index (χ2v) is 6.19. The summed E-state index contributed by atoms with van der Waals surface area (Å²) in [7, 11) is 0.0250. The molecular formula is C9H18N2O4S. The van der Waals surface area contributed by atoms with Crippen LogP contribution in [0.2, 0.25) is 0 Å². The van der Waals surface area contributed by atoms with Gasteiger partial charge in [-0.05, 0) is 6.42 Å². The third-order valence-electron chi connectivity index (χ3n) is 2.88. The maximum absolute atomic E-state index is 11.8. The fourth-order valence-corrected chi connectivity index (χ4v) is 3.56. The number of likely N-dealkylation sites (N-methyl/N-ethyl adjacent to an activating group) is 1. The molecule has 2 unspecified atom stereocenters. The van der Waals surface area contributed by atoms with Gasteiger partial charge in [0.15, 0.2) is 9.84 Å². The van der Waals surface area contributed by atoms with Gasteiger partial charge in [-0.25, -0.2) is 8.42 Å². The summed E-state index contributed by atoms with van der Waals surface area (Å²) in [5, 5.41) is 0. The lowest BCUT2D eigenvalue weighted by molar-refractivity contribution is -0.141. The summed E-state index contributed by atoms with van der Waals surface area (Å²) >= 11 is 0. The molecule has 6 nitrogen and oxygen atoms in total. The second-order valence-electron chi connectivity index (χ2n) is 3.97. The molecule has 7 heteroatoms. The molecule has 1 fully saturated rings. The van der Waals surface area contributed by atoms with Crippen LogP contribution in [0.25, 0.3) is 0 Å². The van der Waals surface area contributed by atoms with Crippen molar-refractivity contribution in [3.05, 3.63) is 0 Å². The average molecular weight is 250 g/mol. The summed E-state index contributed by atoms with van der Waals surface area (Å²) in [6.07, 6.45) is -0.195. The van der Waals surface area contributed by atoms with Gasteiger partial charge in [-0.3, -0.25) is 4.79 Å². The molecule has 1 heterocycles. The van der Waals surface area contributed by atoms with Crippen molar-refractivity contribution in [2.45, 2.75) is 18.6 Å². The first-order valence-corrected chi connectivity index (χ1v) is 6.93. The zero-order valence-corrected chi connectivity index (χ0v) is 10.4. The van der Waals surface area contributed by atoms with Crippen molar-refractivity contribution < 1.29 is 17.9 Å². The molecule has 0 radical (unpaired) electrons. The van der Waals surface area contributed by atoms with Gasteiger partial charge < -0.3 is 15.4 Å². The molecule has 0 aromatic heterocycles. The third kappa shape index (κ3) is 2.93. The maximum atomic E-state index is 11.8. The van der Waals surface area contributed by atoms with Crippen LogP contribution in [0, 0.1) is 0 Å². The Hall–Kier alpha value is -0.660. The molecule has 0 bridgehead atoms. The van der Waals surface area contributed by atoms with E-state index in [1.807, 2.05) is 0 Å². The number of hydrogen-bond acceptors (Lipinski definition) is 5. The third-order valence-corrected chi connectivity index (χ3v) is 4.63. The van der Waals surface area contributed by atoms with Gasteiger partial charge >= 0.3 is 0 Å². The maximum Gasteiger partial charge on any atom is 0.253 e. The molecule has 1 aliphatic heterocycles. The number of sulfone groups is 1. The van der Waals surface area contributed by atoms with E-state index in [-0.39, 0.29) is 30.0 Å². The molecule has 0 aromatic carbocycles. The number of carbonyl (C=O) groups excluding carboxylic acids is 1. The number of nitrogens with two attached hydrogens (primary N) is 1. The Labute approximate surface area is 95.7 Å². The molecule has 16 heavy (non-hydrogen) atoms. The number of rotatable bonds is 4. The number of amides is 1. The van der Waals surface area contributed by atoms with Gasteiger partial charge in [-0.1, -0.05) is 0 Å². The predicted octanol–water partition coefficient (Wildman–Crippen LogP) is -1.39. The van der Waals surface area contributed by atoms with Gasteiger partial charge in [0, 0.05) is 26.7 Å². The van der Waals surface area contributed by atoms with E-state index in [0.717, 1.165) is 0 Å². The van der Waals surface area contributed by atoms with Gasteiger partial charge in [0.25, 0.3) is 5.91 Å². The highest BCUT2D eigenvalue weighted by atomic mass is 32.2. The molecule has 1 saturated heterocycles. The minimum absolute atomic E-state index is 0.0379. The zero-order chi connectivity index (χ0) is 12.3. The molecule has 94 valence electrons. The average Bonchev–Trinajstić information content (AvgIpc) is 2.59. The Kier molecular flexibility index (Phi) is 4.28. The van der Waals surface area contributed by atoms with E-state index >= 15 is 0 Å². The number of hydrogen-bond donors (Lipinski definition) is 1. The van der Waals surface area contributed by atoms with Crippen LogP contribution in [0.1, 0.15) is 6.42 Å². The Bertz CT molecular complexity index is 351. The Morgan fingerprint density at radius 3 is 2.62 bits per heavy atom. The van der Waals surface area contributed by atoms with E-state index in [1.165, 1.54) is 12.0 Å². The fourth-order valence-electron chi connectivity index (χ4n) is 1.79. The summed E-state index contributed by atoms with van der Waals surface area (Å²) in [6.45, 7) is 0.0964. The molecule has 2 N–H and O–H groups in total. The van der Waals surface area contributed by atoms with Crippen LogP contribution in [0.15, 0.2) is 0 Å². The molecule has 1 amide bonds. The van der Waals surface area contributed by atoms with E-state index in [1.54, 1.807) is 7.05 Å². The van der Waals surface area contributed by atoms with Crippen LogP contribution in [0.4, 0.5) is 0 Å². The van der Waals surface area contributed by atoms with E-state index in [4.69, 9.17) is 10.5 Å². The second kappa shape index (κ2) is 5.11. The smallest absolute Gasteiger partial charge is 0.253 e.